The van der Waals surface area contributed by atoms with Gasteiger partial charge in [0, 0.05) is 24.4 Å². The summed E-state index contributed by atoms with van der Waals surface area (Å²) in [7, 11) is 1.93. The second-order valence-corrected chi connectivity index (χ2v) is 4.27. The van der Waals surface area contributed by atoms with E-state index < -0.39 is 0 Å². The molecule has 4 nitrogen and oxygen atoms in total. The molecule has 17 heavy (non-hydrogen) atoms. The van der Waals surface area contributed by atoms with Crippen LogP contribution in [0.5, 0.6) is 0 Å². The van der Waals surface area contributed by atoms with E-state index in [1.165, 1.54) is 11.1 Å². The Bertz CT molecular complexity index is 472. The van der Waals surface area contributed by atoms with Crippen LogP contribution in [-0.4, -0.2) is 16.3 Å². The first-order valence-corrected chi connectivity index (χ1v) is 5.98. The molecule has 0 aliphatic heterocycles. The molecule has 0 amide bonds. The SMILES string of the molecule is CCCNC(c1cnn(C)c1)c1ccoc1C. The molecule has 1 atom stereocenters. The molecule has 92 valence electrons. The number of aryl methyl sites for hydroxylation is 2. The summed E-state index contributed by atoms with van der Waals surface area (Å²) in [6, 6.07) is 2.19. The zero-order valence-corrected chi connectivity index (χ0v) is 10.6. The molecular weight excluding hydrogens is 214 g/mol. The van der Waals surface area contributed by atoms with E-state index >= 15 is 0 Å². The molecule has 0 spiro atoms. The zero-order chi connectivity index (χ0) is 12.3. The first kappa shape index (κ1) is 11.9. The van der Waals surface area contributed by atoms with Crippen molar-refractivity contribution in [3.8, 4) is 0 Å². The lowest BCUT2D eigenvalue weighted by atomic mass is 10.0. The van der Waals surface area contributed by atoms with Crippen LogP contribution in [0.2, 0.25) is 0 Å². The van der Waals surface area contributed by atoms with E-state index in [-0.39, 0.29) is 6.04 Å². The summed E-state index contributed by atoms with van der Waals surface area (Å²) >= 11 is 0. The van der Waals surface area contributed by atoms with E-state index in [4.69, 9.17) is 4.42 Å². The predicted molar refractivity (Wildman–Crippen MR) is 66.8 cm³/mol. The average Bonchev–Trinajstić information content (AvgIpc) is 2.90. The fraction of sp³-hybridized carbons (Fsp3) is 0.462. The predicted octanol–water partition coefficient (Wildman–Crippen LogP) is 2.41. The van der Waals surface area contributed by atoms with Gasteiger partial charge in [-0.25, -0.2) is 0 Å². The molecule has 0 aromatic carbocycles. The minimum absolute atomic E-state index is 0.169. The maximum absolute atomic E-state index is 5.39. The third kappa shape index (κ3) is 2.58. The second kappa shape index (κ2) is 5.19. The van der Waals surface area contributed by atoms with Gasteiger partial charge in [-0.1, -0.05) is 6.92 Å². The van der Waals surface area contributed by atoms with Gasteiger partial charge in [-0.3, -0.25) is 4.68 Å². The molecule has 2 aromatic heterocycles. The summed E-state index contributed by atoms with van der Waals surface area (Å²) < 4.78 is 7.21. The normalized spacial score (nSPS) is 12.9. The van der Waals surface area contributed by atoms with Crippen molar-refractivity contribution in [3.05, 3.63) is 41.6 Å². The first-order valence-electron chi connectivity index (χ1n) is 5.98. The van der Waals surface area contributed by atoms with Gasteiger partial charge < -0.3 is 9.73 Å². The zero-order valence-electron chi connectivity index (χ0n) is 10.6. The van der Waals surface area contributed by atoms with Gasteiger partial charge in [0.2, 0.25) is 0 Å². The number of hydrogen-bond acceptors (Lipinski definition) is 3. The van der Waals surface area contributed by atoms with Crippen LogP contribution in [0.3, 0.4) is 0 Å². The Morgan fingerprint density at radius 3 is 2.88 bits per heavy atom. The average molecular weight is 233 g/mol. The highest BCUT2D eigenvalue weighted by molar-refractivity contribution is 5.30. The Hall–Kier alpha value is -1.55. The van der Waals surface area contributed by atoms with Gasteiger partial charge in [-0.15, -0.1) is 0 Å². The third-order valence-corrected chi connectivity index (χ3v) is 2.87. The summed E-state index contributed by atoms with van der Waals surface area (Å²) in [6.07, 6.45) is 6.79. The quantitative estimate of drug-likeness (QED) is 0.862. The second-order valence-electron chi connectivity index (χ2n) is 4.27. The molecule has 0 aliphatic carbocycles. The summed E-state index contributed by atoms with van der Waals surface area (Å²) in [5, 5.41) is 7.76. The van der Waals surface area contributed by atoms with Crippen molar-refractivity contribution in [2.45, 2.75) is 26.3 Å². The van der Waals surface area contributed by atoms with Gasteiger partial charge in [-0.2, -0.15) is 5.10 Å². The Labute approximate surface area is 102 Å². The number of aromatic nitrogens is 2. The molecule has 0 saturated carbocycles. The first-order chi connectivity index (χ1) is 8.22. The standard InChI is InChI=1S/C13H19N3O/c1-4-6-14-13(11-8-15-16(3)9-11)12-5-7-17-10(12)2/h5,7-9,13-14H,4,6H2,1-3H3. The maximum atomic E-state index is 5.39. The summed E-state index contributed by atoms with van der Waals surface area (Å²) in [6.45, 7) is 5.13. The minimum atomic E-state index is 0.169. The molecule has 0 aliphatic rings. The summed E-state index contributed by atoms with van der Waals surface area (Å²) in [5.74, 6) is 0.961. The molecular formula is C13H19N3O. The van der Waals surface area contributed by atoms with Gasteiger partial charge in [0.15, 0.2) is 0 Å². The minimum Gasteiger partial charge on any atom is -0.469 e. The molecule has 0 bridgehead atoms. The van der Waals surface area contributed by atoms with Crippen molar-refractivity contribution in [2.24, 2.45) is 7.05 Å². The van der Waals surface area contributed by atoms with Crippen molar-refractivity contribution < 1.29 is 4.42 Å². The fourth-order valence-corrected chi connectivity index (χ4v) is 1.98. The molecule has 1 N–H and O–H groups in total. The lowest BCUT2D eigenvalue weighted by Crippen LogP contribution is -2.23. The highest BCUT2D eigenvalue weighted by atomic mass is 16.3. The van der Waals surface area contributed by atoms with Gasteiger partial charge in [0.05, 0.1) is 18.5 Å². The summed E-state index contributed by atoms with van der Waals surface area (Å²) in [5.41, 5.74) is 2.36. The van der Waals surface area contributed by atoms with Crippen LogP contribution in [0.15, 0.2) is 29.1 Å². The van der Waals surface area contributed by atoms with Crippen molar-refractivity contribution >= 4 is 0 Å². The van der Waals surface area contributed by atoms with Crippen molar-refractivity contribution in [2.75, 3.05) is 6.54 Å². The molecule has 0 fully saturated rings. The van der Waals surface area contributed by atoms with E-state index in [1.807, 2.05) is 37.1 Å². The number of rotatable bonds is 5. The van der Waals surface area contributed by atoms with Crippen LogP contribution >= 0.6 is 0 Å². The highest BCUT2D eigenvalue weighted by Crippen LogP contribution is 2.25. The Morgan fingerprint density at radius 1 is 1.53 bits per heavy atom. The van der Waals surface area contributed by atoms with Crippen molar-refractivity contribution in [1.82, 2.24) is 15.1 Å². The highest BCUT2D eigenvalue weighted by Gasteiger charge is 2.18. The van der Waals surface area contributed by atoms with E-state index in [9.17, 15) is 0 Å². The molecule has 2 rings (SSSR count). The van der Waals surface area contributed by atoms with Crippen LogP contribution in [0.25, 0.3) is 0 Å². The van der Waals surface area contributed by atoms with E-state index in [0.29, 0.717) is 0 Å². The molecule has 0 saturated heterocycles. The monoisotopic (exact) mass is 233 g/mol. The summed E-state index contributed by atoms with van der Waals surface area (Å²) in [4.78, 5) is 0. The van der Waals surface area contributed by atoms with Gasteiger partial charge >= 0.3 is 0 Å². The Morgan fingerprint density at radius 2 is 2.35 bits per heavy atom. The van der Waals surface area contributed by atoms with E-state index in [0.717, 1.165) is 18.7 Å². The number of nitrogens with zero attached hydrogens (tertiary/aromatic N) is 2. The lowest BCUT2D eigenvalue weighted by Gasteiger charge is -2.16. The number of nitrogens with one attached hydrogen (secondary N) is 1. The van der Waals surface area contributed by atoms with Gasteiger partial charge in [-0.05, 0) is 26.0 Å². The van der Waals surface area contributed by atoms with E-state index in [1.54, 1.807) is 6.26 Å². The van der Waals surface area contributed by atoms with Gasteiger partial charge in [0.25, 0.3) is 0 Å². The Kier molecular flexibility index (Phi) is 3.64. The molecule has 2 aromatic rings. The molecule has 0 radical (unpaired) electrons. The molecule has 1 unspecified atom stereocenters. The van der Waals surface area contributed by atoms with Crippen LogP contribution < -0.4 is 5.32 Å². The third-order valence-electron chi connectivity index (χ3n) is 2.87. The van der Waals surface area contributed by atoms with E-state index in [2.05, 4.69) is 17.3 Å². The largest absolute Gasteiger partial charge is 0.469 e. The van der Waals surface area contributed by atoms with Crippen LogP contribution in [-0.2, 0) is 7.05 Å². The maximum Gasteiger partial charge on any atom is 0.105 e. The van der Waals surface area contributed by atoms with Crippen molar-refractivity contribution in [3.63, 3.8) is 0 Å². The number of hydrogen-bond donors (Lipinski definition) is 1. The Balaban J connectivity index is 2.28. The van der Waals surface area contributed by atoms with Gasteiger partial charge in [0.1, 0.15) is 5.76 Å². The number of furan rings is 1. The molecule has 4 heteroatoms. The topological polar surface area (TPSA) is 43.0 Å². The van der Waals surface area contributed by atoms with Crippen LogP contribution in [0.4, 0.5) is 0 Å². The van der Waals surface area contributed by atoms with Crippen LogP contribution in [0.1, 0.15) is 36.3 Å². The lowest BCUT2D eigenvalue weighted by molar-refractivity contribution is 0.517. The molecule has 2 heterocycles. The fourth-order valence-electron chi connectivity index (χ4n) is 1.98. The van der Waals surface area contributed by atoms with Crippen molar-refractivity contribution in [1.29, 1.82) is 0 Å². The van der Waals surface area contributed by atoms with Crippen LogP contribution in [0, 0.1) is 6.92 Å². The smallest absolute Gasteiger partial charge is 0.105 e.